The van der Waals surface area contributed by atoms with Crippen LogP contribution in [0.5, 0.6) is 0 Å². The van der Waals surface area contributed by atoms with Gasteiger partial charge in [0.15, 0.2) is 0 Å². The summed E-state index contributed by atoms with van der Waals surface area (Å²) in [5, 5.41) is 0.794. The van der Waals surface area contributed by atoms with Gasteiger partial charge in [-0.05, 0) is 23.8 Å². The van der Waals surface area contributed by atoms with E-state index in [2.05, 4.69) is 4.98 Å². The molecular formula is C10H9FN2. The summed E-state index contributed by atoms with van der Waals surface area (Å²) in [5.41, 5.74) is 6.61. The Hall–Kier alpha value is -1.48. The second-order valence-electron chi connectivity index (χ2n) is 2.86. The molecule has 0 radical (unpaired) electrons. The lowest BCUT2D eigenvalue weighted by molar-refractivity contribution is 0.634. The molecule has 0 atom stereocenters. The molecule has 0 aliphatic carbocycles. The van der Waals surface area contributed by atoms with Crippen LogP contribution in [0.2, 0.25) is 0 Å². The Bertz CT molecular complexity index is 440. The van der Waals surface area contributed by atoms with Crippen LogP contribution >= 0.6 is 0 Å². The van der Waals surface area contributed by atoms with Crippen molar-refractivity contribution in [3.05, 3.63) is 41.8 Å². The number of rotatable bonds is 1. The third-order valence-electron chi connectivity index (χ3n) is 1.95. The second-order valence-corrected chi connectivity index (χ2v) is 2.86. The smallest absolute Gasteiger partial charge is 0.149 e. The minimum absolute atomic E-state index is 0.307. The normalized spacial score (nSPS) is 10.6. The van der Waals surface area contributed by atoms with Crippen LogP contribution in [0.1, 0.15) is 5.56 Å². The fourth-order valence-electron chi connectivity index (χ4n) is 1.32. The van der Waals surface area contributed by atoms with Crippen molar-refractivity contribution in [2.45, 2.75) is 6.54 Å². The highest BCUT2D eigenvalue weighted by atomic mass is 19.1. The Morgan fingerprint density at radius 3 is 3.00 bits per heavy atom. The molecule has 2 nitrogen and oxygen atoms in total. The van der Waals surface area contributed by atoms with Gasteiger partial charge in [0, 0.05) is 18.1 Å². The van der Waals surface area contributed by atoms with Crippen molar-refractivity contribution in [3.63, 3.8) is 0 Å². The Balaban J connectivity index is 2.77. The molecule has 0 aliphatic rings. The van der Waals surface area contributed by atoms with Gasteiger partial charge in [-0.3, -0.25) is 4.98 Å². The molecule has 66 valence electrons. The quantitative estimate of drug-likeness (QED) is 0.720. The molecule has 0 saturated heterocycles. The summed E-state index contributed by atoms with van der Waals surface area (Å²) in [6.07, 6.45) is 1.58. The lowest BCUT2D eigenvalue weighted by atomic mass is 10.1. The highest BCUT2D eigenvalue weighted by Crippen LogP contribution is 2.16. The van der Waals surface area contributed by atoms with Crippen LogP contribution in [0.25, 0.3) is 10.9 Å². The zero-order chi connectivity index (χ0) is 9.26. The highest BCUT2D eigenvalue weighted by molar-refractivity contribution is 5.79. The molecule has 0 unspecified atom stereocenters. The van der Waals surface area contributed by atoms with Gasteiger partial charge in [0.1, 0.15) is 11.3 Å². The first-order chi connectivity index (χ1) is 6.31. The molecule has 0 spiro atoms. The summed E-state index contributed by atoms with van der Waals surface area (Å²) in [6, 6.07) is 6.88. The van der Waals surface area contributed by atoms with Gasteiger partial charge in [-0.2, -0.15) is 0 Å². The Labute approximate surface area is 75.2 Å². The molecular weight excluding hydrogens is 167 g/mol. The van der Waals surface area contributed by atoms with E-state index in [0.717, 1.165) is 10.9 Å². The first kappa shape index (κ1) is 8.13. The molecule has 0 bridgehead atoms. The average Bonchev–Trinajstić information content (AvgIpc) is 2.18. The van der Waals surface area contributed by atoms with Crippen molar-refractivity contribution in [1.29, 1.82) is 0 Å². The predicted molar refractivity (Wildman–Crippen MR) is 49.6 cm³/mol. The number of fused-ring (bicyclic) bond motifs is 1. The van der Waals surface area contributed by atoms with Gasteiger partial charge in [0.25, 0.3) is 0 Å². The third kappa shape index (κ3) is 1.38. The predicted octanol–water partition coefficient (Wildman–Crippen LogP) is 1.83. The Morgan fingerprint density at radius 1 is 1.38 bits per heavy atom. The summed E-state index contributed by atoms with van der Waals surface area (Å²) < 4.78 is 13.3. The Kier molecular flexibility index (Phi) is 1.94. The van der Waals surface area contributed by atoms with Gasteiger partial charge < -0.3 is 5.73 Å². The molecule has 2 N–H and O–H groups in total. The van der Waals surface area contributed by atoms with Crippen molar-refractivity contribution in [2.24, 2.45) is 5.73 Å². The summed E-state index contributed by atoms with van der Waals surface area (Å²) in [6.45, 7) is 0.349. The summed E-state index contributed by atoms with van der Waals surface area (Å²) in [4.78, 5) is 3.94. The fraction of sp³-hybridized carbons (Fsp3) is 0.100. The van der Waals surface area contributed by atoms with Crippen LogP contribution in [0.4, 0.5) is 4.39 Å². The maximum Gasteiger partial charge on any atom is 0.149 e. The van der Waals surface area contributed by atoms with Crippen molar-refractivity contribution in [2.75, 3.05) is 0 Å². The maximum atomic E-state index is 13.3. The van der Waals surface area contributed by atoms with E-state index >= 15 is 0 Å². The van der Waals surface area contributed by atoms with E-state index in [1.165, 1.54) is 6.07 Å². The number of nitrogens with zero attached hydrogens (tertiary/aromatic N) is 1. The first-order valence-corrected chi connectivity index (χ1v) is 4.04. The van der Waals surface area contributed by atoms with Gasteiger partial charge in [0.2, 0.25) is 0 Å². The van der Waals surface area contributed by atoms with Gasteiger partial charge in [-0.25, -0.2) is 4.39 Å². The topological polar surface area (TPSA) is 38.9 Å². The summed E-state index contributed by atoms with van der Waals surface area (Å²) in [5.74, 6) is -0.307. The molecule has 0 aliphatic heterocycles. The molecule has 2 rings (SSSR count). The minimum Gasteiger partial charge on any atom is -0.326 e. The summed E-state index contributed by atoms with van der Waals surface area (Å²) >= 11 is 0. The lowest BCUT2D eigenvalue weighted by Crippen LogP contribution is -1.97. The molecule has 1 aromatic heterocycles. The zero-order valence-corrected chi connectivity index (χ0v) is 7.00. The van der Waals surface area contributed by atoms with Crippen LogP contribution in [-0.2, 0) is 6.54 Å². The van der Waals surface area contributed by atoms with Gasteiger partial charge in [-0.15, -0.1) is 0 Å². The number of aromatic nitrogens is 1. The van der Waals surface area contributed by atoms with E-state index < -0.39 is 0 Å². The number of benzene rings is 1. The van der Waals surface area contributed by atoms with E-state index in [-0.39, 0.29) is 5.82 Å². The molecule has 0 fully saturated rings. The van der Waals surface area contributed by atoms with Crippen molar-refractivity contribution in [3.8, 4) is 0 Å². The van der Waals surface area contributed by atoms with E-state index in [4.69, 9.17) is 5.73 Å². The third-order valence-corrected chi connectivity index (χ3v) is 1.95. The monoisotopic (exact) mass is 176 g/mol. The van der Waals surface area contributed by atoms with Crippen LogP contribution in [-0.4, -0.2) is 4.98 Å². The zero-order valence-electron chi connectivity index (χ0n) is 7.00. The molecule has 0 saturated carbocycles. The largest absolute Gasteiger partial charge is 0.326 e. The highest BCUT2D eigenvalue weighted by Gasteiger charge is 2.02. The number of pyridine rings is 1. The van der Waals surface area contributed by atoms with Crippen LogP contribution in [0.3, 0.4) is 0 Å². The number of nitrogens with two attached hydrogens (primary N) is 1. The van der Waals surface area contributed by atoms with Gasteiger partial charge in [0.05, 0.1) is 0 Å². The van der Waals surface area contributed by atoms with Crippen molar-refractivity contribution >= 4 is 10.9 Å². The van der Waals surface area contributed by atoms with Crippen molar-refractivity contribution < 1.29 is 4.39 Å². The van der Waals surface area contributed by atoms with E-state index in [9.17, 15) is 4.39 Å². The van der Waals surface area contributed by atoms with Crippen LogP contribution < -0.4 is 5.73 Å². The number of hydrogen-bond acceptors (Lipinski definition) is 2. The Morgan fingerprint density at radius 2 is 2.23 bits per heavy atom. The van der Waals surface area contributed by atoms with Crippen LogP contribution in [0, 0.1) is 5.82 Å². The molecule has 0 amide bonds. The van der Waals surface area contributed by atoms with E-state index in [0.29, 0.717) is 12.1 Å². The van der Waals surface area contributed by atoms with E-state index in [1.54, 1.807) is 12.3 Å². The number of hydrogen-bond donors (Lipinski definition) is 1. The SMILES string of the molecule is NCc1cc(F)c2ncccc2c1. The summed E-state index contributed by atoms with van der Waals surface area (Å²) in [7, 11) is 0. The van der Waals surface area contributed by atoms with Crippen molar-refractivity contribution in [1.82, 2.24) is 4.98 Å². The maximum absolute atomic E-state index is 13.3. The second kappa shape index (κ2) is 3.11. The van der Waals surface area contributed by atoms with Gasteiger partial charge >= 0.3 is 0 Å². The molecule has 3 heteroatoms. The standard InChI is InChI=1S/C10H9FN2/c11-9-5-7(6-12)4-8-2-1-3-13-10(8)9/h1-5H,6,12H2. The van der Waals surface area contributed by atoms with Gasteiger partial charge in [-0.1, -0.05) is 6.07 Å². The van der Waals surface area contributed by atoms with E-state index in [1.807, 2.05) is 12.1 Å². The van der Waals surface area contributed by atoms with Crippen LogP contribution in [0.15, 0.2) is 30.5 Å². The molecule has 13 heavy (non-hydrogen) atoms. The lowest BCUT2D eigenvalue weighted by Gasteiger charge is -2.01. The minimum atomic E-state index is -0.307. The fourth-order valence-corrected chi connectivity index (χ4v) is 1.32. The molecule has 1 aromatic carbocycles. The number of halogens is 1. The molecule has 2 aromatic rings. The average molecular weight is 176 g/mol. The first-order valence-electron chi connectivity index (χ1n) is 4.04. The molecule has 1 heterocycles.